The summed E-state index contributed by atoms with van der Waals surface area (Å²) >= 11 is 0. The Morgan fingerprint density at radius 2 is 1.85 bits per heavy atom. The topological polar surface area (TPSA) is 24.9 Å². The molecule has 2 aromatic rings. The minimum Gasteiger partial charge on any atom is -0.354 e. The van der Waals surface area contributed by atoms with Crippen molar-refractivity contribution in [1.82, 2.24) is 4.98 Å². The van der Waals surface area contributed by atoms with E-state index in [1.165, 1.54) is 0 Å². The number of nitrogens with zero attached hydrogens (tertiary/aromatic N) is 1. The molecule has 13 heavy (non-hydrogen) atoms. The predicted octanol–water partition coefficient (Wildman–Crippen LogP) is 2.63. The second-order valence-electron chi connectivity index (χ2n) is 2.67. The van der Waals surface area contributed by atoms with Gasteiger partial charge in [-0.3, -0.25) is 4.98 Å². The fourth-order valence-electron chi connectivity index (χ4n) is 1.08. The van der Waals surface area contributed by atoms with Crippen molar-refractivity contribution in [3.8, 4) is 0 Å². The average molecular weight is 169 g/mol. The first kappa shape index (κ1) is 7.80. The molecule has 1 N–H and O–H groups in total. The molecule has 0 saturated heterocycles. The van der Waals surface area contributed by atoms with Gasteiger partial charge in [-0.1, -0.05) is 18.2 Å². The quantitative estimate of drug-likeness (QED) is 0.747. The van der Waals surface area contributed by atoms with Gasteiger partial charge in [-0.05, 0) is 24.3 Å². The third kappa shape index (κ3) is 2.06. The van der Waals surface area contributed by atoms with Gasteiger partial charge in [0, 0.05) is 5.69 Å². The Labute approximate surface area is 77.3 Å². The molecule has 0 fully saturated rings. The van der Waals surface area contributed by atoms with Crippen molar-refractivity contribution in [3.05, 3.63) is 54.9 Å². The lowest BCUT2D eigenvalue weighted by Gasteiger charge is -2.03. The fourth-order valence-corrected chi connectivity index (χ4v) is 1.08. The van der Waals surface area contributed by atoms with Gasteiger partial charge in [0.1, 0.15) is 0 Å². The molecule has 0 aliphatic carbocycles. The first-order chi connectivity index (χ1) is 6.45. The molecule has 0 aliphatic rings. The standard InChI is InChI=1S/C11H9N2/c1-2-5-10(6-3-1)13-11-7-4-8-12-9-11/h1-7,9,13H. The second kappa shape index (κ2) is 3.72. The van der Waals surface area contributed by atoms with E-state index < -0.39 is 0 Å². The minimum atomic E-state index is 0.977. The molecule has 1 aromatic heterocycles. The van der Waals surface area contributed by atoms with Crippen LogP contribution in [0.25, 0.3) is 0 Å². The first-order valence-electron chi connectivity index (χ1n) is 4.09. The molecule has 0 aliphatic heterocycles. The van der Waals surface area contributed by atoms with Gasteiger partial charge in [0.15, 0.2) is 0 Å². The van der Waals surface area contributed by atoms with Gasteiger partial charge in [0.05, 0.1) is 18.1 Å². The number of aromatic nitrogens is 1. The summed E-state index contributed by atoms with van der Waals surface area (Å²) in [5.41, 5.74) is 2.04. The number of benzene rings is 1. The fraction of sp³-hybridized carbons (Fsp3) is 0. The normalized spacial score (nSPS) is 9.54. The number of nitrogens with one attached hydrogen (secondary N) is 1. The molecular weight excluding hydrogens is 160 g/mol. The van der Waals surface area contributed by atoms with Crippen LogP contribution in [-0.2, 0) is 0 Å². The van der Waals surface area contributed by atoms with Crippen molar-refractivity contribution < 1.29 is 0 Å². The van der Waals surface area contributed by atoms with Crippen molar-refractivity contribution >= 4 is 11.4 Å². The van der Waals surface area contributed by atoms with Crippen LogP contribution in [0.5, 0.6) is 0 Å². The van der Waals surface area contributed by atoms with Crippen LogP contribution in [0.1, 0.15) is 0 Å². The highest BCUT2D eigenvalue weighted by molar-refractivity contribution is 5.57. The van der Waals surface area contributed by atoms with E-state index in [4.69, 9.17) is 0 Å². The van der Waals surface area contributed by atoms with Crippen LogP contribution in [0.4, 0.5) is 11.4 Å². The van der Waals surface area contributed by atoms with Crippen molar-refractivity contribution in [2.75, 3.05) is 5.32 Å². The molecule has 0 amide bonds. The zero-order valence-electron chi connectivity index (χ0n) is 7.07. The maximum atomic E-state index is 3.89. The molecule has 0 unspecified atom stereocenters. The predicted molar refractivity (Wildman–Crippen MR) is 52.8 cm³/mol. The van der Waals surface area contributed by atoms with Crippen LogP contribution in [0, 0.1) is 6.20 Å². The van der Waals surface area contributed by atoms with Crippen LogP contribution in [0.2, 0.25) is 0 Å². The summed E-state index contributed by atoms with van der Waals surface area (Å²) in [6, 6.07) is 13.7. The maximum absolute atomic E-state index is 3.89. The van der Waals surface area contributed by atoms with E-state index in [2.05, 4.69) is 16.5 Å². The van der Waals surface area contributed by atoms with Gasteiger partial charge < -0.3 is 5.32 Å². The van der Waals surface area contributed by atoms with E-state index in [1.807, 2.05) is 36.4 Å². The summed E-state index contributed by atoms with van der Waals surface area (Å²) < 4.78 is 0. The van der Waals surface area contributed by atoms with Crippen LogP contribution in [0.15, 0.2) is 48.7 Å². The summed E-state index contributed by atoms with van der Waals surface area (Å²) in [4.78, 5) is 3.89. The van der Waals surface area contributed by atoms with Crippen molar-refractivity contribution in [2.45, 2.75) is 0 Å². The number of hydrogen-bond donors (Lipinski definition) is 1. The van der Waals surface area contributed by atoms with Gasteiger partial charge in [-0.25, -0.2) is 0 Å². The molecular formula is C11H9N2. The zero-order chi connectivity index (χ0) is 8.93. The summed E-state index contributed by atoms with van der Waals surface area (Å²) in [5.74, 6) is 0. The van der Waals surface area contributed by atoms with E-state index in [9.17, 15) is 0 Å². The minimum absolute atomic E-state index is 0.977. The highest BCUT2D eigenvalue weighted by atomic mass is 14.9. The number of para-hydroxylation sites is 1. The van der Waals surface area contributed by atoms with Crippen molar-refractivity contribution in [2.24, 2.45) is 0 Å². The van der Waals surface area contributed by atoms with E-state index in [-0.39, 0.29) is 0 Å². The number of rotatable bonds is 2. The zero-order valence-corrected chi connectivity index (χ0v) is 7.07. The van der Waals surface area contributed by atoms with Crippen molar-refractivity contribution in [1.29, 1.82) is 0 Å². The van der Waals surface area contributed by atoms with Crippen LogP contribution >= 0.6 is 0 Å². The van der Waals surface area contributed by atoms with E-state index in [0.717, 1.165) is 11.4 Å². The molecule has 1 aromatic carbocycles. The Morgan fingerprint density at radius 3 is 2.54 bits per heavy atom. The van der Waals surface area contributed by atoms with Crippen LogP contribution in [-0.4, -0.2) is 4.98 Å². The summed E-state index contributed by atoms with van der Waals surface area (Å²) in [6.45, 7) is 0. The Morgan fingerprint density at radius 1 is 1.00 bits per heavy atom. The largest absolute Gasteiger partial charge is 0.354 e. The van der Waals surface area contributed by atoms with E-state index in [1.54, 1.807) is 12.3 Å². The molecule has 2 heteroatoms. The number of anilines is 2. The van der Waals surface area contributed by atoms with Gasteiger partial charge in [0.2, 0.25) is 0 Å². The molecule has 2 nitrogen and oxygen atoms in total. The third-order valence-electron chi connectivity index (χ3n) is 1.68. The lowest BCUT2D eigenvalue weighted by Crippen LogP contribution is -1.89. The summed E-state index contributed by atoms with van der Waals surface area (Å²) in [5, 5.41) is 3.22. The van der Waals surface area contributed by atoms with E-state index >= 15 is 0 Å². The third-order valence-corrected chi connectivity index (χ3v) is 1.68. The molecule has 0 bridgehead atoms. The van der Waals surface area contributed by atoms with E-state index in [0.29, 0.717) is 0 Å². The monoisotopic (exact) mass is 169 g/mol. The number of pyridine rings is 1. The SMILES string of the molecule is [c]1ccc(Nc2ccccc2)cn1. The van der Waals surface area contributed by atoms with Gasteiger partial charge in [-0.15, -0.1) is 0 Å². The Kier molecular flexibility index (Phi) is 2.23. The smallest absolute Gasteiger partial charge is 0.0887 e. The highest BCUT2D eigenvalue weighted by Crippen LogP contribution is 2.13. The van der Waals surface area contributed by atoms with Crippen LogP contribution < -0.4 is 5.32 Å². The molecule has 0 spiro atoms. The summed E-state index contributed by atoms with van der Waals surface area (Å²) in [7, 11) is 0. The Hall–Kier alpha value is -1.83. The second-order valence-corrected chi connectivity index (χ2v) is 2.67. The van der Waals surface area contributed by atoms with Gasteiger partial charge in [-0.2, -0.15) is 0 Å². The van der Waals surface area contributed by atoms with Gasteiger partial charge in [0.25, 0.3) is 0 Å². The van der Waals surface area contributed by atoms with Crippen LogP contribution in [0.3, 0.4) is 0 Å². The molecule has 0 saturated carbocycles. The highest BCUT2D eigenvalue weighted by Gasteiger charge is 1.90. The molecule has 1 radical (unpaired) electrons. The lowest BCUT2D eigenvalue weighted by molar-refractivity contribution is 1.31. The molecule has 1 heterocycles. The molecule has 2 rings (SSSR count). The number of hydrogen-bond acceptors (Lipinski definition) is 2. The Bertz CT molecular complexity index is 319. The maximum Gasteiger partial charge on any atom is 0.0887 e. The van der Waals surface area contributed by atoms with Gasteiger partial charge >= 0.3 is 0 Å². The van der Waals surface area contributed by atoms with Crippen molar-refractivity contribution in [3.63, 3.8) is 0 Å². The first-order valence-corrected chi connectivity index (χ1v) is 4.09. The summed E-state index contributed by atoms with van der Waals surface area (Å²) in [6.07, 6.45) is 4.47. The molecule has 0 atom stereocenters. The Balaban J connectivity index is 2.16. The average Bonchev–Trinajstić information content (AvgIpc) is 2.21. The lowest BCUT2D eigenvalue weighted by atomic mass is 10.3. The molecule has 63 valence electrons.